The largest absolute Gasteiger partial charge is 0.495 e. The van der Waals surface area contributed by atoms with Crippen molar-refractivity contribution in [3.05, 3.63) is 65.8 Å². The van der Waals surface area contributed by atoms with Crippen LogP contribution >= 0.6 is 0 Å². The van der Waals surface area contributed by atoms with Gasteiger partial charge in [0, 0.05) is 18.0 Å². The number of carbonyl (C=O) groups is 1. The lowest BCUT2D eigenvalue weighted by atomic mass is 9.88. The first-order valence-corrected chi connectivity index (χ1v) is 11.0. The van der Waals surface area contributed by atoms with Crippen LogP contribution in [0.25, 0.3) is 0 Å². The molecule has 2 atom stereocenters. The second kappa shape index (κ2) is 9.98. The molecule has 0 saturated heterocycles. The van der Waals surface area contributed by atoms with Crippen LogP contribution in [0.4, 0.5) is 5.69 Å². The normalized spacial score (nSPS) is 21.8. The number of carbonyl (C=O) groups excluding carboxylic acids is 1. The van der Waals surface area contributed by atoms with E-state index in [0.29, 0.717) is 36.0 Å². The minimum absolute atomic E-state index is 0.0890. The van der Waals surface area contributed by atoms with Crippen LogP contribution in [-0.2, 0) is 14.9 Å². The fraction of sp³-hybridized carbons (Fsp3) is 0.385. The van der Waals surface area contributed by atoms with Gasteiger partial charge in [0.1, 0.15) is 5.75 Å². The second-order valence-electron chi connectivity index (χ2n) is 8.62. The molecule has 2 aromatic rings. The van der Waals surface area contributed by atoms with Gasteiger partial charge in [0.2, 0.25) is 5.91 Å². The minimum atomic E-state index is -0.530. The molecule has 1 heterocycles. The lowest BCUT2D eigenvalue weighted by Crippen LogP contribution is -2.26. The van der Waals surface area contributed by atoms with Gasteiger partial charge < -0.3 is 14.8 Å². The number of hydrogen-bond acceptors (Lipinski definition) is 6. The van der Waals surface area contributed by atoms with Gasteiger partial charge in [-0.3, -0.25) is 19.8 Å². The highest BCUT2D eigenvalue weighted by molar-refractivity contribution is 5.97. The van der Waals surface area contributed by atoms with Crippen molar-refractivity contribution in [1.29, 1.82) is 0 Å². The summed E-state index contributed by atoms with van der Waals surface area (Å²) in [6.07, 6.45) is 4.88. The average molecular weight is 449 g/mol. The maximum Gasteiger partial charge on any atom is 0.229 e. The van der Waals surface area contributed by atoms with Crippen molar-refractivity contribution in [1.82, 2.24) is 4.98 Å². The van der Waals surface area contributed by atoms with Crippen LogP contribution in [-0.4, -0.2) is 44.1 Å². The number of ether oxygens (including phenoxy) is 2. The summed E-state index contributed by atoms with van der Waals surface area (Å²) in [5.74, 6) is 0.729. The summed E-state index contributed by atoms with van der Waals surface area (Å²) < 4.78 is 11.5. The summed E-state index contributed by atoms with van der Waals surface area (Å²) in [7, 11) is 1.57. The van der Waals surface area contributed by atoms with Crippen molar-refractivity contribution in [2.45, 2.75) is 33.1 Å². The lowest BCUT2D eigenvalue weighted by Gasteiger charge is -2.22. The van der Waals surface area contributed by atoms with Gasteiger partial charge in [-0.15, -0.1) is 0 Å². The summed E-state index contributed by atoms with van der Waals surface area (Å²) in [6.45, 7) is 12.5. The first-order chi connectivity index (χ1) is 15.8. The van der Waals surface area contributed by atoms with Gasteiger partial charge in [0.25, 0.3) is 0 Å². The predicted octanol–water partition coefficient (Wildman–Crippen LogP) is 4.66. The highest BCUT2D eigenvalue weighted by Crippen LogP contribution is 2.69. The molecular formula is C26H32N4O3. The summed E-state index contributed by atoms with van der Waals surface area (Å²) in [6, 6.07) is 11.8. The monoisotopic (exact) mass is 448 g/mol. The van der Waals surface area contributed by atoms with Crippen molar-refractivity contribution in [2.24, 2.45) is 21.3 Å². The quantitative estimate of drug-likeness (QED) is 0.423. The molecule has 7 nitrogen and oxygen atoms in total. The zero-order chi connectivity index (χ0) is 24.1. The standard InChI is InChI=1S/C26H32N4O3/c1-7-28-16-22(18(2)27-5)33-17-26(19-11-9-8-10-12-19)23(25(26,3)4)24(31)30-20-13-21(32-6)15-29-14-20/h8-16,23H,5,7,17H2,1-4,6H3,(H,30,31)/b22-18+,28-16?. The van der Waals surface area contributed by atoms with E-state index in [1.807, 2.05) is 44.2 Å². The van der Waals surface area contributed by atoms with E-state index in [1.54, 1.807) is 31.8 Å². The highest BCUT2D eigenvalue weighted by atomic mass is 16.5. The second-order valence-corrected chi connectivity index (χ2v) is 8.62. The molecule has 1 aromatic carbocycles. The van der Waals surface area contributed by atoms with Gasteiger partial charge in [-0.2, -0.15) is 0 Å². The molecule has 0 bridgehead atoms. The Hall–Kier alpha value is -3.48. The van der Waals surface area contributed by atoms with Crippen molar-refractivity contribution in [2.75, 3.05) is 25.6 Å². The number of nitrogens with zero attached hydrogens (tertiary/aromatic N) is 3. The molecule has 1 saturated carbocycles. The van der Waals surface area contributed by atoms with Gasteiger partial charge in [-0.05, 0) is 31.5 Å². The molecular weight excluding hydrogens is 416 g/mol. The van der Waals surface area contributed by atoms with E-state index in [0.717, 1.165) is 5.56 Å². The highest BCUT2D eigenvalue weighted by Gasteiger charge is 2.75. The summed E-state index contributed by atoms with van der Waals surface area (Å²) in [4.78, 5) is 25.9. The number of methoxy groups -OCH3 is 1. The number of aromatic nitrogens is 1. The molecule has 1 aliphatic carbocycles. The van der Waals surface area contributed by atoms with Crippen LogP contribution in [0.5, 0.6) is 5.75 Å². The van der Waals surface area contributed by atoms with E-state index in [1.165, 1.54) is 0 Å². The van der Waals surface area contributed by atoms with E-state index < -0.39 is 5.41 Å². The van der Waals surface area contributed by atoms with Gasteiger partial charge in [0.15, 0.2) is 5.76 Å². The molecule has 2 unspecified atom stereocenters. The number of amides is 1. The zero-order valence-electron chi connectivity index (χ0n) is 20.0. The summed E-state index contributed by atoms with van der Waals surface area (Å²) in [5, 5.41) is 3.01. The number of nitrogens with one attached hydrogen (secondary N) is 1. The van der Waals surface area contributed by atoms with E-state index >= 15 is 0 Å². The number of benzene rings is 1. The first kappa shape index (κ1) is 24.2. The van der Waals surface area contributed by atoms with E-state index in [9.17, 15) is 4.79 Å². The topological polar surface area (TPSA) is 85.2 Å². The molecule has 1 aliphatic rings. The lowest BCUT2D eigenvalue weighted by molar-refractivity contribution is -0.118. The van der Waals surface area contributed by atoms with E-state index in [2.05, 4.69) is 40.9 Å². The van der Waals surface area contributed by atoms with Crippen LogP contribution in [0.2, 0.25) is 0 Å². The number of aliphatic imine (C=N–C) groups is 2. The number of pyridine rings is 1. The maximum absolute atomic E-state index is 13.5. The Morgan fingerprint density at radius 3 is 2.64 bits per heavy atom. The smallest absolute Gasteiger partial charge is 0.229 e. The minimum Gasteiger partial charge on any atom is -0.495 e. The molecule has 1 aromatic heterocycles. The van der Waals surface area contributed by atoms with Crippen LogP contribution in [0.1, 0.15) is 33.3 Å². The van der Waals surface area contributed by atoms with Crippen LogP contribution < -0.4 is 10.1 Å². The van der Waals surface area contributed by atoms with Gasteiger partial charge in [-0.25, -0.2) is 0 Å². The molecule has 1 amide bonds. The van der Waals surface area contributed by atoms with E-state index in [4.69, 9.17) is 9.47 Å². The molecule has 0 aliphatic heterocycles. The number of rotatable bonds is 10. The predicted molar refractivity (Wildman–Crippen MR) is 132 cm³/mol. The van der Waals surface area contributed by atoms with Crippen LogP contribution in [0.15, 0.2) is 70.2 Å². The molecule has 3 rings (SSSR count). The number of allylic oxidation sites excluding steroid dienone is 2. The van der Waals surface area contributed by atoms with Crippen LogP contribution in [0, 0.1) is 11.3 Å². The Kier molecular flexibility index (Phi) is 7.31. The zero-order valence-corrected chi connectivity index (χ0v) is 20.0. The SMILES string of the molecule is C=N/C(C)=C(\C=NCC)OCC1(c2ccccc2)C(C(=O)Nc2cncc(OC)c2)C1(C)C. The Morgan fingerprint density at radius 2 is 2.00 bits per heavy atom. The van der Waals surface area contributed by atoms with Gasteiger partial charge in [-0.1, -0.05) is 44.2 Å². The summed E-state index contributed by atoms with van der Waals surface area (Å²) in [5.41, 5.74) is 1.41. The molecule has 174 valence electrons. The Balaban J connectivity index is 1.94. The molecule has 33 heavy (non-hydrogen) atoms. The molecule has 7 heteroatoms. The molecule has 1 N–H and O–H groups in total. The molecule has 0 radical (unpaired) electrons. The fourth-order valence-electron chi connectivity index (χ4n) is 4.52. The average Bonchev–Trinajstić information content (AvgIpc) is 3.34. The Labute approximate surface area is 195 Å². The van der Waals surface area contributed by atoms with Crippen molar-refractivity contribution in [3.63, 3.8) is 0 Å². The van der Waals surface area contributed by atoms with Gasteiger partial charge in [0.05, 0.1) is 49.6 Å². The van der Waals surface area contributed by atoms with Crippen molar-refractivity contribution < 1.29 is 14.3 Å². The Morgan fingerprint density at radius 1 is 1.27 bits per heavy atom. The van der Waals surface area contributed by atoms with Crippen molar-refractivity contribution in [3.8, 4) is 5.75 Å². The number of anilines is 1. The van der Waals surface area contributed by atoms with Crippen molar-refractivity contribution >= 4 is 24.5 Å². The summed E-state index contributed by atoms with van der Waals surface area (Å²) >= 11 is 0. The molecule has 1 fully saturated rings. The molecule has 0 spiro atoms. The Bertz CT molecular complexity index is 1060. The first-order valence-electron chi connectivity index (χ1n) is 11.0. The maximum atomic E-state index is 13.5. The van der Waals surface area contributed by atoms with Crippen LogP contribution in [0.3, 0.4) is 0 Å². The third-order valence-electron chi connectivity index (χ3n) is 6.49. The third kappa shape index (κ3) is 4.67. The third-order valence-corrected chi connectivity index (χ3v) is 6.49. The fourth-order valence-corrected chi connectivity index (χ4v) is 4.52. The van der Waals surface area contributed by atoms with E-state index in [-0.39, 0.29) is 17.2 Å². The number of hydrogen-bond donors (Lipinski definition) is 1. The van der Waals surface area contributed by atoms with Gasteiger partial charge >= 0.3 is 0 Å².